The van der Waals surface area contributed by atoms with E-state index in [1.54, 1.807) is 18.0 Å². The Balaban J connectivity index is 1.76. The van der Waals surface area contributed by atoms with Crippen LogP contribution in [0.4, 0.5) is 5.13 Å². The normalized spacial score (nSPS) is 11.4. The molecule has 0 saturated heterocycles. The number of fused-ring (bicyclic) bond motifs is 2. The number of thiazole rings is 1. The quantitative estimate of drug-likeness (QED) is 0.616. The maximum absolute atomic E-state index is 5.73. The van der Waals surface area contributed by atoms with Crippen molar-refractivity contribution in [2.24, 2.45) is 0 Å². The third kappa shape index (κ3) is 1.91. The summed E-state index contributed by atoms with van der Waals surface area (Å²) in [5.41, 5.74) is 6.67. The van der Waals surface area contributed by atoms with E-state index in [2.05, 4.69) is 21.0 Å². The minimum atomic E-state index is 0.598. The van der Waals surface area contributed by atoms with Gasteiger partial charge in [0.05, 0.1) is 16.4 Å². The van der Waals surface area contributed by atoms with Gasteiger partial charge >= 0.3 is 0 Å². The van der Waals surface area contributed by atoms with Crippen molar-refractivity contribution in [1.29, 1.82) is 0 Å². The zero-order valence-corrected chi connectivity index (χ0v) is 11.9. The molecule has 0 fully saturated rings. The smallest absolute Gasteiger partial charge is 0.234 e. The molecule has 0 aliphatic rings. The number of nitrogens with two attached hydrogens (primary N) is 1. The highest BCUT2D eigenvalue weighted by atomic mass is 32.2. The van der Waals surface area contributed by atoms with Gasteiger partial charge in [0.1, 0.15) is 5.03 Å². The number of nitrogens with zero attached hydrogens (tertiary/aromatic N) is 4. The molecule has 0 bridgehead atoms. The Labute approximate surface area is 122 Å². The Bertz CT molecular complexity index is 911. The van der Waals surface area contributed by atoms with Gasteiger partial charge in [-0.15, -0.1) is 0 Å². The van der Waals surface area contributed by atoms with Crippen molar-refractivity contribution < 1.29 is 0 Å². The predicted molar refractivity (Wildman–Crippen MR) is 81.1 cm³/mol. The number of aromatic nitrogens is 4. The van der Waals surface area contributed by atoms with Crippen LogP contribution in [-0.4, -0.2) is 19.4 Å². The molecule has 7 heteroatoms. The molecule has 0 aliphatic carbocycles. The molecule has 98 valence electrons. The summed E-state index contributed by atoms with van der Waals surface area (Å²) in [6.07, 6.45) is 5.53. The van der Waals surface area contributed by atoms with Crippen LogP contribution in [-0.2, 0) is 0 Å². The van der Waals surface area contributed by atoms with E-state index < -0.39 is 0 Å². The molecule has 0 radical (unpaired) electrons. The van der Waals surface area contributed by atoms with Gasteiger partial charge < -0.3 is 5.73 Å². The van der Waals surface area contributed by atoms with Crippen LogP contribution in [0.25, 0.3) is 16.0 Å². The zero-order chi connectivity index (χ0) is 13.5. The minimum Gasteiger partial charge on any atom is -0.375 e. The molecule has 0 spiro atoms. The second-order valence-corrected chi connectivity index (χ2v) is 6.33. The third-order valence-corrected chi connectivity index (χ3v) is 4.70. The van der Waals surface area contributed by atoms with Gasteiger partial charge in [0.2, 0.25) is 5.78 Å². The Morgan fingerprint density at radius 1 is 1.25 bits per heavy atom. The number of hydrogen-bond donors (Lipinski definition) is 1. The topological polar surface area (TPSA) is 69.1 Å². The van der Waals surface area contributed by atoms with Crippen molar-refractivity contribution >= 4 is 44.2 Å². The van der Waals surface area contributed by atoms with Gasteiger partial charge in [0.25, 0.3) is 0 Å². The lowest BCUT2D eigenvalue weighted by molar-refractivity contribution is 1.01. The van der Waals surface area contributed by atoms with Crippen molar-refractivity contribution in [3.8, 4) is 0 Å². The maximum atomic E-state index is 5.73. The summed E-state index contributed by atoms with van der Waals surface area (Å²) >= 11 is 3.15. The van der Waals surface area contributed by atoms with Crippen LogP contribution in [0.5, 0.6) is 0 Å². The zero-order valence-electron chi connectivity index (χ0n) is 10.2. The molecule has 3 heterocycles. The summed E-state index contributed by atoms with van der Waals surface area (Å²) in [5.74, 6) is 0.707. The molecule has 1 aromatic carbocycles. The first-order chi connectivity index (χ1) is 9.79. The van der Waals surface area contributed by atoms with E-state index >= 15 is 0 Å². The van der Waals surface area contributed by atoms with Gasteiger partial charge in [0, 0.05) is 17.3 Å². The summed E-state index contributed by atoms with van der Waals surface area (Å²) in [6, 6.07) is 8.03. The molecule has 0 unspecified atom stereocenters. The van der Waals surface area contributed by atoms with E-state index in [4.69, 9.17) is 5.73 Å². The van der Waals surface area contributed by atoms with Crippen molar-refractivity contribution in [3.05, 3.63) is 42.9 Å². The van der Waals surface area contributed by atoms with Gasteiger partial charge in [-0.05, 0) is 24.3 Å². The lowest BCUT2D eigenvalue weighted by atomic mass is 10.3. The van der Waals surface area contributed by atoms with E-state index in [0.717, 1.165) is 20.1 Å². The second-order valence-electron chi connectivity index (χ2n) is 4.17. The molecule has 4 rings (SSSR count). The van der Waals surface area contributed by atoms with E-state index in [0.29, 0.717) is 10.9 Å². The maximum Gasteiger partial charge on any atom is 0.234 e. The van der Waals surface area contributed by atoms with Crippen LogP contribution in [0.15, 0.2) is 52.8 Å². The van der Waals surface area contributed by atoms with Crippen molar-refractivity contribution in [2.75, 3.05) is 5.73 Å². The highest BCUT2D eigenvalue weighted by molar-refractivity contribution is 7.99. The number of rotatable bonds is 2. The Morgan fingerprint density at radius 3 is 3.15 bits per heavy atom. The van der Waals surface area contributed by atoms with Crippen LogP contribution in [0.1, 0.15) is 0 Å². The molecule has 2 N–H and O–H groups in total. The average Bonchev–Trinajstić information content (AvgIpc) is 3.02. The largest absolute Gasteiger partial charge is 0.375 e. The number of benzene rings is 1. The molecular formula is C13H9N5S2. The highest BCUT2D eigenvalue weighted by Crippen LogP contribution is 2.32. The van der Waals surface area contributed by atoms with Crippen LogP contribution in [0.2, 0.25) is 0 Å². The number of nitrogen functional groups attached to an aromatic ring is 1. The van der Waals surface area contributed by atoms with Crippen molar-refractivity contribution in [2.45, 2.75) is 9.92 Å². The van der Waals surface area contributed by atoms with Crippen LogP contribution < -0.4 is 5.73 Å². The average molecular weight is 299 g/mol. The fourth-order valence-electron chi connectivity index (χ4n) is 1.99. The number of imidazole rings is 1. The Kier molecular flexibility index (Phi) is 2.61. The summed E-state index contributed by atoms with van der Waals surface area (Å²) in [7, 11) is 0. The summed E-state index contributed by atoms with van der Waals surface area (Å²) in [5, 5.41) is 1.63. The first-order valence-corrected chi connectivity index (χ1v) is 7.55. The van der Waals surface area contributed by atoms with Gasteiger partial charge in [-0.2, -0.15) is 0 Å². The van der Waals surface area contributed by atoms with Crippen molar-refractivity contribution in [1.82, 2.24) is 19.4 Å². The van der Waals surface area contributed by atoms with Gasteiger partial charge in [0.15, 0.2) is 5.13 Å². The molecule has 0 amide bonds. The molecule has 5 nitrogen and oxygen atoms in total. The summed E-state index contributed by atoms with van der Waals surface area (Å²) in [4.78, 5) is 13.9. The standard InChI is InChI=1S/C13H9N5S2/c14-12-17-9-3-2-8(6-10(9)20-12)19-11-7-16-13-15-4-1-5-18(11)13/h1-7H,(H2,14,17). The molecular weight excluding hydrogens is 290 g/mol. The first-order valence-electron chi connectivity index (χ1n) is 5.91. The van der Waals surface area contributed by atoms with Crippen LogP contribution in [0, 0.1) is 0 Å². The fraction of sp³-hybridized carbons (Fsp3) is 0. The van der Waals surface area contributed by atoms with Gasteiger partial charge in [-0.25, -0.2) is 15.0 Å². The highest BCUT2D eigenvalue weighted by Gasteiger charge is 2.07. The third-order valence-electron chi connectivity index (χ3n) is 2.85. The molecule has 0 atom stereocenters. The monoisotopic (exact) mass is 299 g/mol. The second kappa shape index (κ2) is 4.46. The minimum absolute atomic E-state index is 0.598. The first kappa shape index (κ1) is 11.7. The Morgan fingerprint density at radius 2 is 2.20 bits per heavy atom. The molecule has 3 aromatic heterocycles. The molecule has 4 aromatic rings. The van der Waals surface area contributed by atoms with Gasteiger partial charge in [-0.1, -0.05) is 23.1 Å². The summed E-state index contributed by atoms with van der Waals surface area (Å²) in [6.45, 7) is 0. The van der Waals surface area contributed by atoms with E-state index in [1.807, 2.05) is 35.0 Å². The van der Waals surface area contributed by atoms with E-state index in [9.17, 15) is 0 Å². The number of anilines is 1. The Hall–Kier alpha value is -2.12. The lowest BCUT2D eigenvalue weighted by Gasteiger charge is -2.01. The molecule has 0 aliphatic heterocycles. The van der Waals surface area contributed by atoms with Crippen LogP contribution in [0.3, 0.4) is 0 Å². The molecule has 0 saturated carbocycles. The van der Waals surface area contributed by atoms with Crippen LogP contribution >= 0.6 is 23.1 Å². The van der Waals surface area contributed by atoms with Crippen molar-refractivity contribution in [3.63, 3.8) is 0 Å². The number of hydrogen-bond acceptors (Lipinski definition) is 6. The lowest BCUT2D eigenvalue weighted by Crippen LogP contribution is -1.87. The predicted octanol–water partition coefficient (Wildman–Crippen LogP) is 3.07. The molecule has 20 heavy (non-hydrogen) atoms. The fourth-order valence-corrected chi connectivity index (χ4v) is 3.74. The summed E-state index contributed by atoms with van der Waals surface area (Å²) < 4.78 is 3.06. The van der Waals surface area contributed by atoms with E-state index in [-0.39, 0.29) is 0 Å². The van der Waals surface area contributed by atoms with E-state index in [1.165, 1.54) is 11.3 Å². The SMILES string of the molecule is Nc1nc2ccc(Sc3cnc4ncccn34)cc2s1. The van der Waals surface area contributed by atoms with Gasteiger partial charge in [-0.3, -0.25) is 4.40 Å².